The normalized spacial score (nSPS) is 9.94. The highest BCUT2D eigenvalue weighted by molar-refractivity contribution is 6.31. The van der Waals surface area contributed by atoms with Crippen LogP contribution in [0.25, 0.3) is 0 Å². The van der Waals surface area contributed by atoms with Crippen LogP contribution in [0.1, 0.15) is 13.3 Å². The summed E-state index contributed by atoms with van der Waals surface area (Å²) < 4.78 is 0. The molecule has 0 spiro atoms. The summed E-state index contributed by atoms with van der Waals surface area (Å²) in [5.74, 6) is 0.0335. The van der Waals surface area contributed by atoms with Gasteiger partial charge in [0.25, 0.3) is 0 Å². The van der Waals surface area contributed by atoms with Crippen LogP contribution in [0.15, 0.2) is 0 Å². The molecular weight excluding hydrogens is 253 g/mol. The Morgan fingerprint density at radius 2 is 1.88 bits per heavy atom. The van der Waals surface area contributed by atoms with Crippen molar-refractivity contribution in [3.05, 3.63) is 10.6 Å². The van der Waals surface area contributed by atoms with E-state index in [0.717, 1.165) is 6.42 Å². The zero-order chi connectivity index (χ0) is 12.0. The molecule has 88 valence electrons. The molecule has 0 unspecified atom stereocenters. The first-order valence-electron chi connectivity index (χ1n) is 4.69. The van der Waals surface area contributed by atoms with Gasteiger partial charge in [-0.1, -0.05) is 6.92 Å². The monoisotopic (exact) mass is 263 g/mol. The van der Waals surface area contributed by atoms with Crippen molar-refractivity contribution in [3.63, 3.8) is 0 Å². The summed E-state index contributed by atoms with van der Waals surface area (Å²) in [6.45, 7) is 2.68. The van der Waals surface area contributed by atoms with Crippen LogP contribution in [0.3, 0.4) is 0 Å². The quantitative estimate of drug-likeness (QED) is 0.832. The molecule has 0 aliphatic heterocycles. The molecule has 1 aromatic rings. The molecule has 0 saturated heterocycles. The zero-order valence-electron chi connectivity index (χ0n) is 8.63. The number of hydrogen-bond acceptors (Lipinski definition) is 5. The molecule has 0 saturated carbocycles. The van der Waals surface area contributed by atoms with Gasteiger partial charge in [0.1, 0.15) is 0 Å². The molecule has 0 atom stereocenters. The zero-order valence-corrected chi connectivity index (χ0v) is 10.1. The first-order valence-corrected chi connectivity index (χ1v) is 5.45. The molecule has 8 heteroatoms. The van der Waals surface area contributed by atoms with Gasteiger partial charge in [-0.15, -0.1) is 0 Å². The summed E-state index contributed by atoms with van der Waals surface area (Å²) in [5.41, 5.74) is 0. The average molecular weight is 264 g/mol. The van der Waals surface area contributed by atoms with Gasteiger partial charge in [0.15, 0.2) is 0 Å². The molecule has 2 N–H and O–H groups in total. The van der Waals surface area contributed by atoms with Gasteiger partial charge in [0, 0.05) is 6.54 Å². The Morgan fingerprint density at radius 3 is 2.44 bits per heavy atom. The first-order chi connectivity index (χ1) is 7.61. The van der Waals surface area contributed by atoms with Crippen molar-refractivity contribution in [3.8, 4) is 0 Å². The molecule has 0 aliphatic rings. The number of hydrogen-bond donors (Lipinski definition) is 2. The van der Waals surface area contributed by atoms with Gasteiger partial charge >= 0.3 is 0 Å². The maximum absolute atomic E-state index is 11.2. The summed E-state index contributed by atoms with van der Waals surface area (Å²) in [6, 6.07) is 0. The molecular formula is C8H11Cl2N5O. The lowest BCUT2D eigenvalue weighted by Gasteiger charge is -2.05. The van der Waals surface area contributed by atoms with E-state index >= 15 is 0 Å². The number of carbonyl (C=O) groups is 1. The molecule has 0 aromatic carbocycles. The van der Waals surface area contributed by atoms with Gasteiger partial charge in [-0.3, -0.25) is 4.79 Å². The van der Waals surface area contributed by atoms with Gasteiger partial charge in [-0.05, 0) is 29.6 Å². The van der Waals surface area contributed by atoms with Crippen molar-refractivity contribution >= 4 is 35.1 Å². The van der Waals surface area contributed by atoms with Gasteiger partial charge < -0.3 is 10.6 Å². The Labute approximate surface area is 103 Å². The first kappa shape index (κ1) is 12.9. The molecule has 1 aromatic heterocycles. The van der Waals surface area contributed by atoms with Crippen molar-refractivity contribution in [2.45, 2.75) is 13.3 Å². The second-order valence-electron chi connectivity index (χ2n) is 2.90. The third-order valence-electron chi connectivity index (χ3n) is 1.56. The van der Waals surface area contributed by atoms with Crippen LogP contribution in [0, 0.1) is 0 Å². The summed E-state index contributed by atoms with van der Waals surface area (Å²) in [7, 11) is 0. The molecule has 0 fully saturated rings. The third-order valence-corrected chi connectivity index (χ3v) is 1.90. The summed E-state index contributed by atoms with van der Waals surface area (Å²) in [4.78, 5) is 22.3. The lowest BCUT2D eigenvalue weighted by atomic mass is 10.4. The van der Waals surface area contributed by atoms with Crippen molar-refractivity contribution in [2.24, 2.45) is 0 Å². The highest BCUT2D eigenvalue weighted by Gasteiger charge is 2.04. The number of aromatic nitrogens is 3. The fourth-order valence-corrected chi connectivity index (χ4v) is 1.25. The molecule has 6 nitrogen and oxygen atoms in total. The van der Waals surface area contributed by atoms with E-state index in [4.69, 9.17) is 23.2 Å². The molecule has 0 bridgehead atoms. The summed E-state index contributed by atoms with van der Waals surface area (Å²) in [5, 5.41) is 5.35. The van der Waals surface area contributed by atoms with E-state index in [9.17, 15) is 4.79 Å². The maximum atomic E-state index is 11.2. The van der Waals surface area contributed by atoms with E-state index in [1.54, 1.807) is 0 Å². The van der Waals surface area contributed by atoms with Crippen LogP contribution < -0.4 is 10.6 Å². The van der Waals surface area contributed by atoms with Gasteiger partial charge in [0.2, 0.25) is 22.4 Å². The molecule has 1 amide bonds. The Bertz CT molecular complexity index is 353. The molecule has 16 heavy (non-hydrogen) atoms. The van der Waals surface area contributed by atoms with Gasteiger partial charge in [0.05, 0.1) is 6.54 Å². The minimum Gasteiger partial charge on any atom is -0.355 e. The fourth-order valence-electron chi connectivity index (χ4n) is 0.891. The van der Waals surface area contributed by atoms with E-state index in [-0.39, 0.29) is 29.0 Å². The van der Waals surface area contributed by atoms with Crippen molar-refractivity contribution < 1.29 is 4.79 Å². The Morgan fingerprint density at radius 1 is 1.25 bits per heavy atom. The predicted octanol–water partition coefficient (Wildman–Crippen LogP) is 1.12. The van der Waals surface area contributed by atoms with Crippen LogP contribution in [-0.4, -0.2) is 33.9 Å². The smallest absolute Gasteiger partial charge is 0.239 e. The number of carbonyl (C=O) groups excluding carboxylic acids is 1. The Balaban J connectivity index is 2.45. The second-order valence-corrected chi connectivity index (χ2v) is 3.58. The predicted molar refractivity (Wildman–Crippen MR) is 61.6 cm³/mol. The summed E-state index contributed by atoms with van der Waals surface area (Å²) >= 11 is 11.1. The second kappa shape index (κ2) is 6.44. The molecule has 0 aliphatic carbocycles. The van der Waals surface area contributed by atoms with Crippen LogP contribution in [0.5, 0.6) is 0 Å². The SMILES string of the molecule is CCCNC(=O)CNc1nc(Cl)nc(Cl)n1. The molecule has 0 radical (unpaired) electrons. The number of rotatable bonds is 5. The van der Waals surface area contributed by atoms with Crippen LogP contribution in [-0.2, 0) is 4.79 Å². The minimum atomic E-state index is -0.144. The maximum Gasteiger partial charge on any atom is 0.239 e. The van der Waals surface area contributed by atoms with Crippen molar-refractivity contribution in [1.29, 1.82) is 0 Å². The lowest BCUT2D eigenvalue weighted by Crippen LogP contribution is -2.30. The number of nitrogens with one attached hydrogen (secondary N) is 2. The van der Waals surface area contributed by atoms with Crippen LogP contribution in [0.2, 0.25) is 10.6 Å². The highest BCUT2D eigenvalue weighted by Crippen LogP contribution is 2.08. The lowest BCUT2D eigenvalue weighted by molar-refractivity contribution is -0.119. The fraction of sp³-hybridized carbons (Fsp3) is 0.500. The van der Waals surface area contributed by atoms with E-state index < -0.39 is 0 Å². The van der Waals surface area contributed by atoms with E-state index in [0.29, 0.717) is 6.54 Å². The minimum absolute atomic E-state index is 0.0172. The van der Waals surface area contributed by atoms with Crippen molar-refractivity contribution in [1.82, 2.24) is 20.3 Å². The van der Waals surface area contributed by atoms with E-state index in [1.807, 2.05) is 6.92 Å². The van der Waals surface area contributed by atoms with Gasteiger partial charge in [-0.25, -0.2) is 0 Å². The number of halogens is 2. The van der Waals surface area contributed by atoms with Crippen LogP contribution >= 0.6 is 23.2 Å². The Kier molecular flexibility index (Phi) is 5.21. The highest BCUT2D eigenvalue weighted by atomic mass is 35.5. The average Bonchev–Trinajstić information content (AvgIpc) is 2.22. The standard InChI is InChI=1S/C8H11Cl2N5O/c1-2-3-11-5(16)4-12-8-14-6(9)13-7(10)15-8/h2-4H2,1H3,(H,11,16)(H,12,13,14,15). The largest absolute Gasteiger partial charge is 0.355 e. The van der Waals surface area contributed by atoms with E-state index in [1.165, 1.54) is 0 Å². The number of nitrogens with zero attached hydrogens (tertiary/aromatic N) is 3. The Hall–Kier alpha value is -1.14. The topological polar surface area (TPSA) is 79.8 Å². The van der Waals surface area contributed by atoms with E-state index in [2.05, 4.69) is 25.6 Å². The molecule has 1 heterocycles. The molecule has 1 rings (SSSR count). The summed E-state index contributed by atoms with van der Waals surface area (Å²) in [6.07, 6.45) is 0.884. The number of anilines is 1. The van der Waals surface area contributed by atoms with Crippen molar-refractivity contribution in [2.75, 3.05) is 18.4 Å². The van der Waals surface area contributed by atoms with Gasteiger partial charge in [-0.2, -0.15) is 15.0 Å². The number of amides is 1. The third kappa shape index (κ3) is 4.59. The van der Waals surface area contributed by atoms with Crippen LogP contribution in [0.4, 0.5) is 5.95 Å².